The fraction of sp³-hybridized carbons (Fsp3) is 0.600. The van der Waals surface area contributed by atoms with Gasteiger partial charge in [-0.25, -0.2) is 0 Å². The first-order chi connectivity index (χ1) is 9.13. The molecule has 0 bridgehead atoms. The second-order valence-electron chi connectivity index (χ2n) is 5.48. The maximum absolute atomic E-state index is 9.76. The lowest BCUT2D eigenvalue weighted by Crippen LogP contribution is -2.51. The predicted octanol–water partition coefficient (Wildman–Crippen LogP) is 1.08. The molecule has 0 radical (unpaired) electrons. The first-order valence-electron chi connectivity index (χ1n) is 6.98. The van der Waals surface area contributed by atoms with E-state index in [4.69, 9.17) is 0 Å². The summed E-state index contributed by atoms with van der Waals surface area (Å²) < 4.78 is 0. The summed E-state index contributed by atoms with van der Waals surface area (Å²) in [5.74, 6) is 0. The number of hydrogen-bond acceptors (Lipinski definition) is 4. The second kappa shape index (κ2) is 6.37. The molecule has 1 saturated heterocycles. The van der Waals surface area contributed by atoms with Gasteiger partial charge in [-0.2, -0.15) is 0 Å². The van der Waals surface area contributed by atoms with E-state index in [2.05, 4.69) is 46.3 Å². The Morgan fingerprint density at radius 3 is 2.58 bits per heavy atom. The third kappa shape index (κ3) is 3.26. The van der Waals surface area contributed by atoms with Gasteiger partial charge in [0.2, 0.25) is 0 Å². The molecule has 19 heavy (non-hydrogen) atoms. The van der Waals surface area contributed by atoms with Crippen LogP contribution >= 0.6 is 0 Å². The zero-order valence-electron chi connectivity index (χ0n) is 12.1. The molecule has 2 unspecified atom stereocenters. The highest BCUT2D eigenvalue weighted by molar-refractivity contribution is 5.46. The molecule has 0 spiro atoms. The van der Waals surface area contributed by atoms with Gasteiger partial charge in [0.15, 0.2) is 0 Å². The lowest BCUT2D eigenvalue weighted by atomic mass is 10.0. The van der Waals surface area contributed by atoms with Crippen LogP contribution in [0.15, 0.2) is 24.3 Å². The molecule has 0 aliphatic carbocycles. The minimum atomic E-state index is 0.105. The molecule has 4 heteroatoms. The molecule has 2 N–H and O–H groups in total. The number of aliphatic hydroxyl groups is 1. The number of benzene rings is 1. The van der Waals surface area contributed by atoms with Crippen LogP contribution in [0, 0.1) is 0 Å². The van der Waals surface area contributed by atoms with Gasteiger partial charge in [0, 0.05) is 45.5 Å². The first kappa shape index (κ1) is 14.3. The Labute approximate surface area is 116 Å². The molecule has 0 saturated carbocycles. The average Bonchev–Trinajstić information content (AvgIpc) is 2.42. The minimum absolute atomic E-state index is 0.105. The Hall–Kier alpha value is -1.10. The Morgan fingerprint density at radius 1 is 1.37 bits per heavy atom. The molecule has 1 heterocycles. The summed E-state index contributed by atoms with van der Waals surface area (Å²) in [5.41, 5.74) is 2.38. The largest absolute Gasteiger partial charge is 0.394 e. The predicted molar refractivity (Wildman–Crippen MR) is 79.6 cm³/mol. The molecule has 0 amide bonds. The lowest BCUT2D eigenvalue weighted by Gasteiger charge is -2.39. The Bertz CT molecular complexity index is 391. The fourth-order valence-corrected chi connectivity index (χ4v) is 2.72. The summed E-state index contributed by atoms with van der Waals surface area (Å²) in [6, 6.07) is 9.05. The molecule has 1 aromatic carbocycles. The van der Waals surface area contributed by atoms with Crippen molar-refractivity contribution in [3.63, 3.8) is 0 Å². The molecule has 0 aromatic heterocycles. The molecule has 2 atom stereocenters. The maximum atomic E-state index is 9.76. The summed E-state index contributed by atoms with van der Waals surface area (Å²) >= 11 is 0. The molecule has 1 aliphatic heterocycles. The molecule has 106 valence electrons. The van der Waals surface area contributed by atoms with E-state index in [1.54, 1.807) is 0 Å². The van der Waals surface area contributed by atoms with Gasteiger partial charge in [-0.3, -0.25) is 4.90 Å². The quantitative estimate of drug-likeness (QED) is 0.852. The Balaban J connectivity index is 2.16. The fourth-order valence-electron chi connectivity index (χ4n) is 2.72. The summed E-state index contributed by atoms with van der Waals surface area (Å²) in [4.78, 5) is 4.48. The van der Waals surface area contributed by atoms with E-state index in [-0.39, 0.29) is 12.6 Å². The highest BCUT2D eigenvalue weighted by Gasteiger charge is 2.26. The van der Waals surface area contributed by atoms with Crippen molar-refractivity contribution in [3.8, 4) is 0 Å². The number of nitrogens with zero attached hydrogens (tertiary/aromatic N) is 2. The lowest BCUT2D eigenvalue weighted by molar-refractivity contribution is 0.0723. The van der Waals surface area contributed by atoms with Gasteiger partial charge in [0.05, 0.1) is 12.6 Å². The maximum Gasteiger partial charge on any atom is 0.0628 e. The van der Waals surface area contributed by atoms with Gasteiger partial charge in [-0.1, -0.05) is 12.1 Å². The van der Waals surface area contributed by atoms with Crippen LogP contribution in [0.3, 0.4) is 0 Å². The first-order valence-corrected chi connectivity index (χ1v) is 6.98. The highest BCUT2D eigenvalue weighted by atomic mass is 16.3. The monoisotopic (exact) mass is 263 g/mol. The second-order valence-corrected chi connectivity index (χ2v) is 5.48. The number of anilines is 1. The van der Waals surface area contributed by atoms with Crippen LogP contribution in [0.2, 0.25) is 0 Å². The summed E-state index contributed by atoms with van der Waals surface area (Å²) in [6.45, 7) is 5.36. The van der Waals surface area contributed by atoms with E-state index < -0.39 is 0 Å². The van der Waals surface area contributed by atoms with Crippen LogP contribution in [0.25, 0.3) is 0 Å². The van der Waals surface area contributed by atoms with Gasteiger partial charge in [-0.05, 0) is 24.6 Å². The Kier molecular flexibility index (Phi) is 4.80. The van der Waals surface area contributed by atoms with Crippen molar-refractivity contribution in [2.45, 2.75) is 19.0 Å². The van der Waals surface area contributed by atoms with Crippen LogP contribution in [0.1, 0.15) is 18.5 Å². The average molecular weight is 263 g/mol. The van der Waals surface area contributed by atoms with Crippen LogP contribution in [0.5, 0.6) is 0 Å². The van der Waals surface area contributed by atoms with Gasteiger partial charge >= 0.3 is 0 Å². The minimum Gasteiger partial charge on any atom is -0.394 e. The third-order valence-corrected chi connectivity index (χ3v) is 3.92. The van der Waals surface area contributed by atoms with E-state index in [0.29, 0.717) is 6.04 Å². The molecular weight excluding hydrogens is 238 g/mol. The van der Waals surface area contributed by atoms with E-state index in [1.807, 2.05) is 14.1 Å². The highest BCUT2D eigenvalue weighted by Crippen LogP contribution is 2.25. The van der Waals surface area contributed by atoms with Crippen molar-refractivity contribution in [1.29, 1.82) is 0 Å². The van der Waals surface area contributed by atoms with Crippen molar-refractivity contribution >= 4 is 5.69 Å². The SMILES string of the molecule is CC1CNCCN1C(CO)c1ccc(N(C)C)cc1. The zero-order valence-corrected chi connectivity index (χ0v) is 12.1. The van der Waals surface area contributed by atoms with Gasteiger partial charge in [0.25, 0.3) is 0 Å². The van der Waals surface area contributed by atoms with Gasteiger partial charge in [0.1, 0.15) is 0 Å². The number of hydrogen-bond donors (Lipinski definition) is 2. The number of aliphatic hydroxyl groups excluding tert-OH is 1. The van der Waals surface area contributed by atoms with Gasteiger partial charge < -0.3 is 15.3 Å². The van der Waals surface area contributed by atoms with Crippen LogP contribution in [-0.4, -0.2) is 56.4 Å². The van der Waals surface area contributed by atoms with Crippen molar-refractivity contribution in [1.82, 2.24) is 10.2 Å². The van der Waals surface area contributed by atoms with Crippen LogP contribution in [0.4, 0.5) is 5.69 Å². The molecule has 1 aromatic rings. The van der Waals surface area contributed by atoms with Crippen molar-refractivity contribution in [2.24, 2.45) is 0 Å². The van der Waals surface area contributed by atoms with E-state index in [1.165, 1.54) is 11.3 Å². The summed E-state index contributed by atoms with van der Waals surface area (Å²) in [6.07, 6.45) is 0. The summed E-state index contributed by atoms with van der Waals surface area (Å²) in [7, 11) is 4.08. The summed E-state index contributed by atoms with van der Waals surface area (Å²) in [5, 5.41) is 13.1. The number of rotatable bonds is 4. The molecule has 1 aliphatic rings. The molecule has 2 rings (SSSR count). The number of nitrogens with one attached hydrogen (secondary N) is 1. The van der Waals surface area contributed by atoms with Crippen molar-refractivity contribution in [2.75, 3.05) is 45.2 Å². The van der Waals surface area contributed by atoms with Crippen LogP contribution in [-0.2, 0) is 0 Å². The smallest absolute Gasteiger partial charge is 0.0628 e. The zero-order chi connectivity index (χ0) is 13.8. The normalized spacial score (nSPS) is 22.2. The molecule has 1 fully saturated rings. The molecular formula is C15H25N3O. The van der Waals surface area contributed by atoms with Crippen molar-refractivity contribution < 1.29 is 5.11 Å². The van der Waals surface area contributed by atoms with Crippen molar-refractivity contribution in [3.05, 3.63) is 29.8 Å². The van der Waals surface area contributed by atoms with Crippen LogP contribution < -0.4 is 10.2 Å². The third-order valence-electron chi connectivity index (χ3n) is 3.92. The van der Waals surface area contributed by atoms with E-state index >= 15 is 0 Å². The van der Waals surface area contributed by atoms with E-state index in [0.717, 1.165) is 19.6 Å². The Morgan fingerprint density at radius 2 is 2.05 bits per heavy atom. The van der Waals surface area contributed by atoms with E-state index in [9.17, 15) is 5.11 Å². The topological polar surface area (TPSA) is 38.7 Å². The van der Waals surface area contributed by atoms with Gasteiger partial charge in [-0.15, -0.1) is 0 Å². The standard InChI is InChI=1S/C15H25N3O/c1-12-10-16-8-9-18(12)15(11-19)13-4-6-14(7-5-13)17(2)3/h4-7,12,15-16,19H,8-11H2,1-3H3. The molecule has 4 nitrogen and oxygen atoms in total. The number of piperazine rings is 1.